The van der Waals surface area contributed by atoms with Gasteiger partial charge in [-0.2, -0.15) is 18.2 Å². The summed E-state index contributed by atoms with van der Waals surface area (Å²) in [6.45, 7) is 4.79. The summed E-state index contributed by atoms with van der Waals surface area (Å²) < 4.78 is 8.67. The van der Waals surface area contributed by atoms with Crippen LogP contribution in [0.15, 0.2) is 73.3 Å². The molecule has 2 aromatic rings. The third kappa shape index (κ3) is 15.8. The molecule has 0 N–H and O–H groups in total. The molecular formula is C16H18FeO4-6. The fraction of sp³-hybridized carbons (Fsp3) is 0.125. The van der Waals surface area contributed by atoms with Crippen molar-refractivity contribution in [1.82, 2.24) is 0 Å². The average Bonchev–Trinajstić information content (AvgIpc) is 3.16. The van der Waals surface area contributed by atoms with Gasteiger partial charge in [-0.3, -0.25) is 4.79 Å². The third-order valence-corrected chi connectivity index (χ3v) is 1.81. The summed E-state index contributed by atoms with van der Waals surface area (Å²) in [5, 5.41) is 0. The predicted octanol–water partition coefficient (Wildman–Crippen LogP) is 3.04. The van der Waals surface area contributed by atoms with Gasteiger partial charge >= 0.3 is 5.97 Å². The Morgan fingerprint density at radius 1 is 1.14 bits per heavy atom. The number of hydrogen-bond donors (Lipinski definition) is 0. The van der Waals surface area contributed by atoms with Crippen molar-refractivity contribution in [3.05, 3.63) is 73.3 Å². The van der Waals surface area contributed by atoms with E-state index in [1.54, 1.807) is 0 Å². The van der Waals surface area contributed by atoms with E-state index in [9.17, 15) is 9.59 Å². The summed E-state index contributed by atoms with van der Waals surface area (Å²) in [5.74, 6) is -0.616. The smallest absolute Gasteiger partial charge is 0.333 e. The second kappa shape index (κ2) is 16.0. The van der Waals surface area contributed by atoms with Crippen LogP contribution in [0, 0.1) is 0 Å². The number of rotatable bonds is 4. The van der Waals surface area contributed by atoms with Gasteiger partial charge in [-0.05, 0) is 0 Å². The van der Waals surface area contributed by atoms with Crippen LogP contribution in [-0.4, -0.2) is 18.7 Å². The van der Waals surface area contributed by atoms with Crippen molar-refractivity contribution in [3.8, 4) is 0 Å². The normalized spacial score (nSPS) is 9.19. The zero-order valence-corrected chi connectivity index (χ0v) is 12.8. The second-order valence-electron chi connectivity index (χ2n) is 3.37. The molecule has 0 amide bonds. The average molecular weight is 330 g/mol. The zero-order chi connectivity index (χ0) is 15.1. The van der Waals surface area contributed by atoms with Crippen LogP contribution in [0.2, 0.25) is 0 Å². The van der Waals surface area contributed by atoms with Gasteiger partial charge < -0.3 is 39.8 Å². The molecule has 0 fully saturated rings. The predicted molar refractivity (Wildman–Crippen MR) is 77.0 cm³/mol. The van der Waals surface area contributed by atoms with Gasteiger partial charge in [0.05, 0.1) is 0 Å². The monoisotopic (exact) mass is 330 g/mol. The number of hydrogen-bond acceptors (Lipinski definition) is 4. The zero-order valence-electron chi connectivity index (χ0n) is 11.7. The maximum atomic E-state index is 10.4. The van der Waals surface area contributed by atoms with E-state index >= 15 is 0 Å². The van der Waals surface area contributed by atoms with Crippen molar-refractivity contribution in [1.29, 1.82) is 0 Å². The molecule has 0 aliphatic rings. The fourth-order valence-corrected chi connectivity index (χ4v) is 0.959. The Morgan fingerprint density at radius 2 is 1.62 bits per heavy atom. The summed E-state index contributed by atoms with van der Waals surface area (Å²) in [5.41, 5.74) is 0. The number of ether oxygens (including phenoxy) is 2. The second-order valence-corrected chi connectivity index (χ2v) is 3.37. The van der Waals surface area contributed by atoms with E-state index in [1.807, 2.05) is 60.7 Å². The van der Waals surface area contributed by atoms with Crippen molar-refractivity contribution in [2.45, 2.75) is 13.2 Å². The Labute approximate surface area is 135 Å². The summed E-state index contributed by atoms with van der Waals surface area (Å²) in [6, 6.07) is 20.0. The molecule has 2 aromatic carbocycles. The van der Waals surface area contributed by atoms with E-state index in [2.05, 4.69) is 16.1 Å². The molecule has 0 aromatic heterocycles. The molecule has 120 valence electrons. The van der Waals surface area contributed by atoms with Gasteiger partial charge in [-0.25, -0.2) is 16.9 Å². The Kier molecular flexibility index (Phi) is 16.1. The minimum atomic E-state index is -0.844. The van der Waals surface area contributed by atoms with Crippen LogP contribution < -0.4 is 0 Å². The summed E-state index contributed by atoms with van der Waals surface area (Å²) in [6.07, 6.45) is 0.146. The van der Waals surface area contributed by atoms with Crippen molar-refractivity contribution < 1.29 is 36.1 Å². The number of esters is 1. The van der Waals surface area contributed by atoms with Crippen LogP contribution in [0.5, 0.6) is 0 Å². The molecule has 21 heavy (non-hydrogen) atoms. The number of carbonyl (C=O) groups is 2. The Bertz CT molecular complexity index is 374. The molecule has 0 spiro atoms. The molecule has 5 heteroatoms. The Balaban J connectivity index is 0. The molecule has 0 aliphatic heterocycles. The van der Waals surface area contributed by atoms with E-state index in [0.29, 0.717) is 0 Å². The van der Waals surface area contributed by atoms with Crippen LogP contribution >= 0.6 is 0 Å². The van der Waals surface area contributed by atoms with Crippen LogP contribution in [0.3, 0.4) is 0 Å². The van der Waals surface area contributed by atoms with Gasteiger partial charge in [0.25, 0.3) is 6.47 Å². The van der Waals surface area contributed by atoms with E-state index in [1.165, 1.54) is 6.92 Å². The molecule has 0 saturated carbocycles. The van der Waals surface area contributed by atoms with Gasteiger partial charge in [0.2, 0.25) is 6.29 Å². The largest absolute Gasteiger partial charge is 0.748 e. The summed E-state index contributed by atoms with van der Waals surface area (Å²) in [4.78, 5) is 20.0. The van der Waals surface area contributed by atoms with Crippen LogP contribution in [-0.2, 0) is 36.1 Å². The number of carbonyl (C=O) groups excluding carboxylic acids is 2. The maximum Gasteiger partial charge on any atom is 0.333 e. The molecule has 1 unspecified atom stereocenters. The SMILES string of the molecule is C=CC(=O)OC(C)OC=O.[Fe].[cH-]1[cH-][cH-][cH-][cH-]1.c1cc[cH-]c1. The molecule has 0 radical (unpaired) electrons. The van der Waals surface area contributed by atoms with Gasteiger partial charge in [0.15, 0.2) is 0 Å². The first kappa shape index (κ1) is 21.2. The van der Waals surface area contributed by atoms with Gasteiger partial charge in [0, 0.05) is 30.1 Å². The van der Waals surface area contributed by atoms with Crippen LogP contribution in [0.25, 0.3) is 0 Å². The molecule has 4 nitrogen and oxygen atoms in total. The molecule has 0 aliphatic carbocycles. The van der Waals surface area contributed by atoms with E-state index in [-0.39, 0.29) is 23.5 Å². The Hall–Kier alpha value is -2.10. The minimum Gasteiger partial charge on any atom is -0.748 e. The van der Waals surface area contributed by atoms with Crippen LogP contribution in [0.4, 0.5) is 0 Å². The summed E-state index contributed by atoms with van der Waals surface area (Å²) in [7, 11) is 0. The molecule has 0 bridgehead atoms. The standard InChI is InChI=1S/C6H8O4.2C5H5.Fe/c1-3-6(8)10-5(2)9-4-7;2*1-2-4-5-3-1;/h3-5H,1H2,2H3;2*1-5H;/q;-5;-1;. The molecule has 0 saturated heterocycles. The Morgan fingerprint density at radius 3 is 1.90 bits per heavy atom. The molecular weight excluding hydrogens is 312 g/mol. The van der Waals surface area contributed by atoms with Gasteiger partial charge in [0.1, 0.15) is 0 Å². The molecule has 2 rings (SSSR count). The van der Waals surface area contributed by atoms with Gasteiger partial charge in [-0.1, -0.05) is 6.58 Å². The van der Waals surface area contributed by atoms with E-state index in [0.717, 1.165) is 6.08 Å². The quantitative estimate of drug-likeness (QED) is 0.216. The minimum absolute atomic E-state index is 0. The maximum absolute atomic E-state index is 10.4. The van der Waals surface area contributed by atoms with E-state index in [4.69, 9.17) is 0 Å². The first-order valence-corrected chi connectivity index (χ1v) is 5.96. The van der Waals surface area contributed by atoms with Crippen LogP contribution in [0.1, 0.15) is 6.92 Å². The summed E-state index contributed by atoms with van der Waals surface area (Å²) >= 11 is 0. The van der Waals surface area contributed by atoms with Crippen molar-refractivity contribution in [2.75, 3.05) is 0 Å². The third-order valence-electron chi connectivity index (χ3n) is 1.81. The van der Waals surface area contributed by atoms with E-state index < -0.39 is 12.3 Å². The molecule has 1 atom stereocenters. The topological polar surface area (TPSA) is 52.6 Å². The molecule has 0 heterocycles. The van der Waals surface area contributed by atoms with Gasteiger partial charge in [-0.15, -0.1) is 0 Å². The van der Waals surface area contributed by atoms with Crippen molar-refractivity contribution in [3.63, 3.8) is 0 Å². The fourth-order valence-electron chi connectivity index (χ4n) is 0.959. The van der Waals surface area contributed by atoms with Crippen molar-refractivity contribution in [2.24, 2.45) is 0 Å². The first-order chi connectivity index (χ1) is 9.70. The van der Waals surface area contributed by atoms with Crippen molar-refractivity contribution >= 4 is 12.4 Å². The first-order valence-electron chi connectivity index (χ1n) is 5.96.